The lowest BCUT2D eigenvalue weighted by atomic mass is 9.92. The van der Waals surface area contributed by atoms with Crippen LogP contribution in [0.25, 0.3) is 22.2 Å². The maximum Gasteiger partial charge on any atom is 0.130 e. The molecule has 0 saturated heterocycles. The Balaban J connectivity index is 1.80. The lowest BCUT2D eigenvalue weighted by molar-refractivity contribution is 0.229. The molecule has 0 aliphatic carbocycles. The monoisotopic (exact) mass is 457 g/mol. The summed E-state index contributed by atoms with van der Waals surface area (Å²) in [7, 11) is 0. The van der Waals surface area contributed by atoms with E-state index in [0.717, 1.165) is 51.3 Å². The van der Waals surface area contributed by atoms with Crippen LogP contribution >= 0.6 is 0 Å². The van der Waals surface area contributed by atoms with Gasteiger partial charge >= 0.3 is 0 Å². The Labute approximate surface area is 202 Å². The Morgan fingerprint density at radius 2 is 1.76 bits per heavy atom. The van der Waals surface area contributed by atoms with E-state index in [2.05, 4.69) is 74.3 Å². The van der Waals surface area contributed by atoms with E-state index < -0.39 is 0 Å². The first kappa shape index (κ1) is 23.8. The van der Waals surface area contributed by atoms with Gasteiger partial charge in [-0.25, -0.2) is 0 Å². The molecule has 34 heavy (non-hydrogen) atoms. The van der Waals surface area contributed by atoms with Crippen molar-refractivity contribution >= 4 is 10.9 Å². The van der Waals surface area contributed by atoms with Gasteiger partial charge in [0.2, 0.25) is 0 Å². The molecule has 0 bridgehead atoms. The SMILES string of the molecule is CCc1ccc(C)cc1OCc1c(OC(C)C)cc(-c2c(C(C)C)ccc3[nH]ncc23)nc1C. The average molecular weight is 458 g/mol. The van der Waals surface area contributed by atoms with Crippen LogP contribution in [0.3, 0.4) is 0 Å². The lowest BCUT2D eigenvalue weighted by Gasteiger charge is -2.20. The number of aromatic amines is 1. The van der Waals surface area contributed by atoms with Crippen LogP contribution in [0.2, 0.25) is 0 Å². The molecule has 2 heterocycles. The summed E-state index contributed by atoms with van der Waals surface area (Å²) in [5, 5.41) is 8.45. The standard InChI is InChI=1S/C29H35N3O2/c1-8-21-10-9-19(6)13-27(21)33-16-24-20(7)31-26(14-28(24)34-18(4)5)29-22(17(2)3)11-12-25-23(29)15-30-32-25/h9-15,17-18H,8,16H2,1-7H3,(H,30,32). The van der Waals surface area contributed by atoms with Gasteiger partial charge in [0.25, 0.3) is 0 Å². The van der Waals surface area contributed by atoms with E-state index >= 15 is 0 Å². The fourth-order valence-electron chi connectivity index (χ4n) is 4.37. The highest BCUT2D eigenvalue weighted by Gasteiger charge is 2.20. The number of hydrogen-bond acceptors (Lipinski definition) is 4. The van der Waals surface area contributed by atoms with Crippen molar-refractivity contribution in [3.05, 3.63) is 70.5 Å². The molecule has 0 atom stereocenters. The van der Waals surface area contributed by atoms with Crippen LogP contribution in [0.1, 0.15) is 68.5 Å². The molecule has 0 saturated carbocycles. The molecule has 2 aromatic carbocycles. The maximum absolute atomic E-state index is 6.33. The average Bonchev–Trinajstić information content (AvgIpc) is 3.26. The number of ether oxygens (including phenoxy) is 2. The second-order valence-electron chi connectivity index (χ2n) is 9.51. The topological polar surface area (TPSA) is 60.0 Å². The molecule has 178 valence electrons. The van der Waals surface area contributed by atoms with E-state index in [1.165, 1.54) is 16.7 Å². The van der Waals surface area contributed by atoms with Crippen molar-refractivity contribution in [3.63, 3.8) is 0 Å². The summed E-state index contributed by atoms with van der Waals surface area (Å²) in [6, 6.07) is 12.7. The number of pyridine rings is 1. The van der Waals surface area contributed by atoms with E-state index in [9.17, 15) is 0 Å². The van der Waals surface area contributed by atoms with Gasteiger partial charge in [0.05, 0.1) is 29.1 Å². The number of aryl methyl sites for hydroxylation is 3. The Morgan fingerprint density at radius 3 is 2.47 bits per heavy atom. The van der Waals surface area contributed by atoms with Gasteiger partial charge in [0.15, 0.2) is 0 Å². The smallest absolute Gasteiger partial charge is 0.130 e. The van der Waals surface area contributed by atoms with Crippen molar-refractivity contribution in [1.82, 2.24) is 15.2 Å². The van der Waals surface area contributed by atoms with Crippen molar-refractivity contribution in [3.8, 4) is 22.8 Å². The van der Waals surface area contributed by atoms with Crippen LogP contribution in [-0.2, 0) is 13.0 Å². The number of nitrogens with one attached hydrogen (secondary N) is 1. The Morgan fingerprint density at radius 1 is 0.971 bits per heavy atom. The zero-order chi connectivity index (χ0) is 24.4. The molecule has 0 aliphatic heterocycles. The zero-order valence-corrected chi connectivity index (χ0v) is 21.3. The minimum atomic E-state index is 0.0351. The molecule has 0 unspecified atom stereocenters. The minimum Gasteiger partial charge on any atom is -0.490 e. The van der Waals surface area contributed by atoms with Crippen LogP contribution in [0.15, 0.2) is 42.6 Å². The second-order valence-corrected chi connectivity index (χ2v) is 9.51. The molecule has 0 aliphatic rings. The summed E-state index contributed by atoms with van der Waals surface area (Å²) in [5.41, 5.74) is 8.53. The molecule has 4 rings (SSSR count). The Kier molecular flexibility index (Phi) is 6.92. The quantitative estimate of drug-likeness (QED) is 0.302. The van der Waals surface area contributed by atoms with Crippen LogP contribution in [0.5, 0.6) is 11.5 Å². The molecule has 0 radical (unpaired) electrons. The van der Waals surface area contributed by atoms with E-state index in [0.29, 0.717) is 12.5 Å². The first-order chi connectivity index (χ1) is 16.3. The van der Waals surface area contributed by atoms with Crippen LogP contribution in [0.4, 0.5) is 0 Å². The van der Waals surface area contributed by atoms with Gasteiger partial charge in [-0.1, -0.05) is 39.0 Å². The third-order valence-corrected chi connectivity index (χ3v) is 6.16. The molecule has 4 aromatic rings. The predicted molar refractivity (Wildman–Crippen MR) is 139 cm³/mol. The second kappa shape index (κ2) is 9.88. The predicted octanol–water partition coefficient (Wildman–Crippen LogP) is 7.29. The number of aromatic nitrogens is 3. The summed E-state index contributed by atoms with van der Waals surface area (Å²) < 4.78 is 12.6. The fourth-order valence-corrected chi connectivity index (χ4v) is 4.37. The summed E-state index contributed by atoms with van der Waals surface area (Å²) in [4.78, 5) is 5.05. The lowest BCUT2D eigenvalue weighted by Crippen LogP contribution is -2.12. The molecule has 1 N–H and O–H groups in total. The van der Waals surface area contributed by atoms with Gasteiger partial charge in [-0.3, -0.25) is 10.1 Å². The van der Waals surface area contributed by atoms with E-state index in [1.54, 1.807) is 0 Å². The Bertz CT molecular complexity index is 1300. The number of nitrogens with zero attached hydrogens (tertiary/aromatic N) is 2. The highest BCUT2D eigenvalue weighted by Crippen LogP contribution is 2.38. The number of hydrogen-bond donors (Lipinski definition) is 1. The van der Waals surface area contributed by atoms with Gasteiger partial charge in [0, 0.05) is 22.7 Å². The summed E-state index contributed by atoms with van der Waals surface area (Å²) in [6.07, 6.45) is 2.85. The van der Waals surface area contributed by atoms with Gasteiger partial charge in [-0.05, 0) is 68.9 Å². The fraction of sp³-hybridized carbons (Fsp3) is 0.379. The van der Waals surface area contributed by atoms with Gasteiger partial charge < -0.3 is 9.47 Å². The molecular formula is C29H35N3O2. The zero-order valence-electron chi connectivity index (χ0n) is 21.3. The van der Waals surface area contributed by atoms with Gasteiger partial charge in [-0.2, -0.15) is 5.10 Å². The van der Waals surface area contributed by atoms with Crippen molar-refractivity contribution < 1.29 is 9.47 Å². The highest BCUT2D eigenvalue weighted by atomic mass is 16.5. The number of rotatable bonds is 8. The largest absolute Gasteiger partial charge is 0.490 e. The van der Waals surface area contributed by atoms with Gasteiger partial charge in [0.1, 0.15) is 18.1 Å². The minimum absolute atomic E-state index is 0.0351. The third kappa shape index (κ3) is 4.79. The number of benzene rings is 2. The van der Waals surface area contributed by atoms with Crippen LogP contribution < -0.4 is 9.47 Å². The van der Waals surface area contributed by atoms with Crippen LogP contribution in [0, 0.1) is 13.8 Å². The molecule has 5 heteroatoms. The molecule has 0 amide bonds. The molecule has 0 spiro atoms. The van der Waals surface area contributed by atoms with E-state index in [-0.39, 0.29) is 6.10 Å². The third-order valence-electron chi connectivity index (χ3n) is 6.16. The van der Waals surface area contributed by atoms with Gasteiger partial charge in [-0.15, -0.1) is 0 Å². The number of H-pyrrole nitrogens is 1. The first-order valence-electron chi connectivity index (χ1n) is 12.1. The first-order valence-corrected chi connectivity index (χ1v) is 12.1. The molecule has 0 fully saturated rings. The van der Waals surface area contributed by atoms with E-state index in [1.807, 2.05) is 27.0 Å². The van der Waals surface area contributed by atoms with Crippen LogP contribution in [-0.4, -0.2) is 21.3 Å². The highest BCUT2D eigenvalue weighted by molar-refractivity contribution is 5.95. The number of fused-ring (bicyclic) bond motifs is 1. The van der Waals surface area contributed by atoms with Crippen molar-refractivity contribution in [2.24, 2.45) is 0 Å². The Hall–Kier alpha value is -3.34. The molecule has 2 aromatic heterocycles. The van der Waals surface area contributed by atoms with Crippen molar-refractivity contribution in [1.29, 1.82) is 0 Å². The maximum atomic E-state index is 6.33. The van der Waals surface area contributed by atoms with Crippen molar-refractivity contribution in [2.45, 2.75) is 73.5 Å². The summed E-state index contributed by atoms with van der Waals surface area (Å²) >= 11 is 0. The van der Waals surface area contributed by atoms with Crippen molar-refractivity contribution in [2.75, 3.05) is 0 Å². The summed E-state index contributed by atoms with van der Waals surface area (Å²) in [5.74, 6) is 2.09. The summed E-state index contributed by atoms with van der Waals surface area (Å²) in [6.45, 7) is 15.2. The molecule has 5 nitrogen and oxygen atoms in total. The van der Waals surface area contributed by atoms with E-state index in [4.69, 9.17) is 14.5 Å². The normalized spacial score (nSPS) is 11.6. The molecular weight excluding hydrogens is 422 g/mol.